The van der Waals surface area contributed by atoms with Crippen LogP contribution in [-0.2, 0) is 10.0 Å². The van der Waals surface area contributed by atoms with Crippen molar-refractivity contribution in [2.24, 2.45) is 10.4 Å². The molecule has 0 aliphatic carbocycles. The lowest BCUT2D eigenvalue weighted by Crippen LogP contribution is -2.72. The van der Waals surface area contributed by atoms with E-state index in [0.717, 1.165) is 19.0 Å². The first-order valence-electron chi connectivity index (χ1n) is 8.10. The monoisotopic (exact) mass is 460 g/mol. The molecule has 1 saturated heterocycles. The zero-order valence-electron chi connectivity index (χ0n) is 15.3. The molecule has 1 aliphatic heterocycles. The fourth-order valence-electron chi connectivity index (χ4n) is 2.39. The highest BCUT2D eigenvalue weighted by molar-refractivity contribution is 14.0. The first-order chi connectivity index (χ1) is 10.1. The molecule has 23 heavy (non-hydrogen) atoms. The molecule has 0 atom stereocenters. The molecule has 6 nitrogen and oxygen atoms in total. The molecule has 1 aliphatic rings. The van der Waals surface area contributed by atoms with Crippen LogP contribution < -0.4 is 10.0 Å². The van der Waals surface area contributed by atoms with Gasteiger partial charge >= 0.3 is 0 Å². The Labute approximate surface area is 159 Å². The molecule has 0 saturated carbocycles. The van der Waals surface area contributed by atoms with Crippen LogP contribution in [-0.4, -0.2) is 56.7 Å². The van der Waals surface area contributed by atoms with Crippen LogP contribution >= 0.6 is 24.0 Å². The SMILES string of the molecule is CCNC(=NCCCNS(=O)(=O)CC)N1CC(C)(C)C1(C)C.I. The number of rotatable bonds is 7. The van der Waals surface area contributed by atoms with E-state index in [1.165, 1.54) is 0 Å². The Bertz CT molecular complexity index is 504. The number of likely N-dealkylation sites (tertiary alicyclic amines) is 1. The van der Waals surface area contributed by atoms with Crippen molar-refractivity contribution in [3.05, 3.63) is 0 Å². The normalized spacial score (nSPS) is 19.7. The van der Waals surface area contributed by atoms with Gasteiger partial charge in [0.1, 0.15) is 0 Å². The highest BCUT2D eigenvalue weighted by atomic mass is 127. The number of hydrogen-bond acceptors (Lipinski definition) is 3. The van der Waals surface area contributed by atoms with Crippen molar-refractivity contribution in [1.82, 2.24) is 14.9 Å². The Kier molecular flexibility index (Phi) is 8.81. The number of guanidine groups is 1. The number of nitrogens with zero attached hydrogens (tertiary/aromatic N) is 2. The Morgan fingerprint density at radius 1 is 1.22 bits per heavy atom. The van der Waals surface area contributed by atoms with Crippen LogP contribution in [0.15, 0.2) is 4.99 Å². The number of nitrogens with one attached hydrogen (secondary N) is 2. The Hall–Kier alpha value is -0.0900. The van der Waals surface area contributed by atoms with E-state index >= 15 is 0 Å². The minimum absolute atomic E-state index is 0. The Balaban J connectivity index is 0.00000484. The third-order valence-electron chi connectivity index (χ3n) is 4.77. The smallest absolute Gasteiger partial charge is 0.211 e. The van der Waals surface area contributed by atoms with Crippen LogP contribution in [0.5, 0.6) is 0 Å². The highest BCUT2D eigenvalue weighted by Gasteiger charge is 2.53. The molecule has 0 bridgehead atoms. The first kappa shape index (κ1) is 22.9. The van der Waals surface area contributed by atoms with Gasteiger partial charge in [-0.1, -0.05) is 13.8 Å². The van der Waals surface area contributed by atoms with E-state index in [2.05, 4.69) is 54.5 Å². The molecule has 0 aromatic carbocycles. The summed E-state index contributed by atoms with van der Waals surface area (Å²) in [7, 11) is -3.10. The van der Waals surface area contributed by atoms with Crippen molar-refractivity contribution in [3.8, 4) is 0 Å². The zero-order chi connectivity index (χ0) is 17.0. The van der Waals surface area contributed by atoms with Crippen LogP contribution in [0, 0.1) is 5.41 Å². The number of halogens is 1. The molecule has 1 rings (SSSR count). The van der Waals surface area contributed by atoms with Gasteiger partial charge in [0.05, 0.1) is 5.75 Å². The van der Waals surface area contributed by atoms with Gasteiger partial charge in [-0.05, 0) is 34.1 Å². The summed E-state index contributed by atoms with van der Waals surface area (Å²) in [6.45, 7) is 15.6. The fourth-order valence-corrected chi connectivity index (χ4v) is 3.05. The van der Waals surface area contributed by atoms with Gasteiger partial charge in [0.25, 0.3) is 0 Å². The zero-order valence-corrected chi connectivity index (χ0v) is 18.4. The summed E-state index contributed by atoms with van der Waals surface area (Å²) in [5.41, 5.74) is 0.331. The number of hydrogen-bond donors (Lipinski definition) is 2. The lowest BCUT2D eigenvalue weighted by atomic mass is 9.65. The third kappa shape index (κ3) is 5.74. The van der Waals surface area contributed by atoms with Crippen molar-refractivity contribution in [1.29, 1.82) is 0 Å². The average molecular weight is 460 g/mol. The van der Waals surface area contributed by atoms with Crippen LogP contribution in [0.25, 0.3) is 0 Å². The molecule has 138 valence electrons. The summed E-state index contributed by atoms with van der Waals surface area (Å²) >= 11 is 0. The van der Waals surface area contributed by atoms with Crippen LogP contribution in [0.4, 0.5) is 0 Å². The van der Waals surface area contributed by atoms with E-state index < -0.39 is 10.0 Å². The highest BCUT2D eigenvalue weighted by Crippen LogP contribution is 2.46. The van der Waals surface area contributed by atoms with Crippen molar-refractivity contribution in [3.63, 3.8) is 0 Å². The van der Waals surface area contributed by atoms with Gasteiger partial charge in [-0.25, -0.2) is 13.1 Å². The lowest BCUT2D eigenvalue weighted by Gasteiger charge is -2.62. The van der Waals surface area contributed by atoms with Gasteiger partial charge in [-0.3, -0.25) is 4.99 Å². The second-order valence-corrected chi connectivity index (χ2v) is 9.01. The fraction of sp³-hybridized carbons (Fsp3) is 0.933. The van der Waals surface area contributed by atoms with Gasteiger partial charge < -0.3 is 10.2 Å². The van der Waals surface area contributed by atoms with Crippen molar-refractivity contribution in [2.45, 2.75) is 53.5 Å². The number of sulfonamides is 1. The van der Waals surface area contributed by atoms with E-state index in [-0.39, 0.29) is 40.7 Å². The molecule has 0 spiro atoms. The van der Waals surface area contributed by atoms with Crippen LogP contribution in [0.3, 0.4) is 0 Å². The predicted molar refractivity (Wildman–Crippen MR) is 108 cm³/mol. The summed E-state index contributed by atoms with van der Waals surface area (Å²) < 4.78 is 25.3. The number of aliphatic imine (C=N–C) groups is 1. The maximum atomic E-state index is 11.4. The van der Waals surface area contributed by atoms with Crippen molar-refractivity contribution < 1.29 is 8.42 Å². The molecule has 1 heterocycles. The minimum atomic E-state index is -3.10. The van der Waals surface area contributed by atoms with Crippen LogP contribution in [0.2, 0.25) is 0 Å². The van der Waals surface area contributed by atoms with E-state index in [0.29, 0.717) is 19.5 Å². The summed E-state index contributed by atoms with van der Waals surface area (Å²) in [6.07, 6.45) is 0.700. The largest absolute Gasteiger partial charge is 0.356 e. The molecule has 0 aromatic rings. The van der Waals surface area contributed by atoms with Gasteiger partial charge in [0.15, 0.2) is 5.96 Å². The standard InChI is InChI=1S/C15H32N4O2S.HI/c1-7-16-13(19-12-14(3,4)15(19,5)6)17-10-9-11-18-22(20,21)8-2;/h18H,7-12H2,1-6H3,(H,16,17);1H. The van der Waals surface area contributed by atoms with E-state index in [1.54, 1.807) is 6.92 Å². The summed E-state index contributed by atoms with van der Waals surface area (Å²) in [4.78, 5) is 6.94. The van der Waals surface area contributed by atoms with E-state index in [4.69, 9.17) is 0 Å². The molecular formula is C15H33IN4O2S. The van der Waals surface area contributed by atoms with E-state index in [9.17, 15) is 8.42 Å². The molecule has 1 fully saturated rings. The van der Waals surface area contributed by atoms with Gasteiger partial charge in [0, 0.05) is 37.1 Å². The molecule has 8 heteroatoms. The second kappa shape index (κ2) is 8.84. The van der Waals surface area contributed by atoms with Gasteiger partial charge in [0.2, 0.25) is 10.0 Å². The third-order valence-corrected chi connectivity index (χ3v) is 6.18. The molecule has 2 N–H and O–H groups in total. The maximum absolute atomic E-state index is 11.4. The topological polar surface area (TPSA) is 73.8 Å². The molecule has 0 unspecified atom stereocenters. The van der Waals surface area contributed by atoms with Crippen LogP contribution in [0.1, 0.15) is 48.0 Å². The summed E-state index contributed by atoms with van der Waals surface area (Å²) in [5, 5.41) is 3.33. The second-order valence-electron chi connectivity index (χ2n) is 6.92. The molecule has 0 aromatic heterocycles. The lowest BCUT2D eigenvalue weighted by molar-refractivity contribution is -0.0667. The average Bonchev–Trinajstić information content (AvgIpc) is 2.43. The molecular weight excluding hydrogens is 427 g/mol. The summed E-state index contributed by atoms with van der Waals surface area (Å²) in [6, 6.07) is 0. The quantitative estimate of drug-likeness (QED) is 0.264. The van der Waals surface area contributed by atoms with E-state index in [1.807, 2.05) is 0 Å². The maximum Gasteiger partial charge on any atom is 0.211 e. The Morgan fingerprint density at radius 2 is 1.83 bits per heavy atom. The first-order valence-corrected chi connectivity index (χ1v) is 9.76. The predicted octanol–water partition coefficient (Wildman–Crippen LogP) is 2.02. The van der Waals surface area contributed by atoms with Gasteiger partial charge in [-0.2, -0.15) is 0 Å². The van der Waals surface area contributed by atoms with Crippen molar-refractivity contribution in [2.75, 3.05) is 31.9 Å². The summed E-state index contributed by atoms with van der Waals surface area (Å²) in [5.74, 6) is 1.04. The minimum Gasteiger partial charge on any atom is -0.356 e. The van der Waals surface area contributed by atoms with Crippen molar-refractivity contribution >= 4 is 40.0 Å². The van der Waals surface area contributed by atoms with Gasteiger partial charge in [-0.15, -0.1) is 24.0 Å². The molecule has 0 amide bonds. The molecule has 0 radical (unpaired) electrons. The Morgan fingerprint density at radius 3 is 2.26 bits per heavy atom.